The highest BCUT2D eigenvalue weighted by Gasteiger charge is 1.93. The molecule has 0 aromatic carbocycles. The van der Waals surface area contributed by atoms with E-state index in [1.165, 1.54) is 6.92 Å². The first-order chi connectivity index (χ1) is 6.70. The first-order valence-corrected chi connectivity index (χ1v) is 5.02. The Hall–Kier alpha value is -1.01. The molecule has 0 unspecified atom stereocenters. The molecular weight excluding hydrogens is 178 g/mol. The third-order valence-electron chi connectivity index (χ3n) is 1.85. The molecule has 3 heteroatoms. The largest absolute Gasteiger partial charge is 0.465 e. The highest BCUT2D eigenvalue weighted by atomic mass is 16.5. The monoisotopic (exact) mass is 197 g/mol. The summed E-state index contributed by atoms with van der Waals surface area (Å²) in [6, 6.07) is 0. The molecule has 0 spiro atoms. The summed E-state index contributed by atoms with van der Waals surface area (Å²) < 4.78 is 4.75. The van der Waals surface area contributed by atoms with E-state index in [0.717, 1.165) is 19.6 Å². The Balaban J connectivity index is 3.47. The summed E-state index contributed by atoms with van der Waals surface area (Å²) in [5.41, 5.74) is 0. The van der Waals surface area contributed by atoms with Gasteiger partial charge in [0.15, 0.2) is 0 Å². The fourth-order valence-corrected chi connectivity index (χ4v) is 0.949. The lowest BCUT2D eigenvalue weighted by Crippen LogP contribution is -2.22. The zero-order chi connectivity index (χ0) is 10.8. The van der Waals surface area contributed by atoms with Crippen molar-refractivity contribution in [2.24, 2.45) is 0 Å². The average molecular weight is 197 g/mol. The van der Waals surface area contributed by atoms with E-state index in [4.69, 9.17) is 4.74 Å². The van der Waals surface area contributed by atoms with E-state index in [1.807, 2.05) is 0 Å². The number of hydrogen-bond donors (Lipinski definition) is 0. The average Bonchev–Trinajstić information content (AvgIpc) is 2.16. The lowest BCUT2D eigenvalue weighted by Gasteiger charge is -2.13. The predicted octanol–water partition coefficient (Wildman–Crippen LogP) is 1.28. The second kappa shape index (κ2) is 8.58. The number of hydrogen-bond acceptors (Lipinski definition) is 3. The van der Waals surface area contributed by atoms with E-state index < -0.39 is 0 Å². The molecule has 0 heterocycles. The molecule has 0 aliphatic rings. The summed E-state index contributed by atoms with van der Waals surface area (Å²) in [6.45, 7) is 8.88. The zero-order valence-corrected chi connectivity index (χ0v) is 9.30. The van der Waals surface area contributed by atoms with Crippen LogP contribution in [-0.2, 0) is 9.53 Å². The highest BCUT2D eigenvalue weighted by molar-refractivity contribution is 5.65. The van der Waals surface area contributed by atoms with Crippen molar-refractivity contribution >= 4 is 5.97 Å². The summed E-state index contributed by atoms with van der Waals surface area (Å²) in [7, 11) is 0. The van der Waals surface area contributed by atoms with E-state index in [0.29, 0.717) is 13.0 Å². The van der Waals surface area contributed by atoms with Crippen molar-refractivity contribution in [2.75, 3.05) is 26.2 Å². The molecule has 0 aromatic rings. The summed E-state index contributed by atoms with van der Waals surface area (Å²) >= 11 is 0. The van der Waals surface area contributed by atoms with Crippen molar-refractivity contribution < 1.29 is 9.53 Å². The molecule has 0 aliphatic heterocycles. The van der Waals surface area contributed by atoms with Gasteiger partial charge < -0.3 is 4.74 Å². The van der Waals surface area contributed by atoms with E-state index in [2.05, 4.69) is 30.6 Å². The minimum atomic E-state index is -0.240. The lowest BCUT2D eigenvalue weighted by molar-refractivity contribution is -0.140. The number of ether oxygens (including phenoxy) is 1. The van der Waals surface area contributed by atoms with Crippen LogP contribution in [0.15, 0.2) is 0 Å². The number of carbonyl (C=O) groups excluding carboxylic acids is 1. The van der Waals surface area contributed by atoms with Gasteiger partial charge >= 0.3 is 5.97 Å². The van der Waals surface area contributed by atoms with Crippen LogP contribution in [0.3, 0.4) is 0 Å². The van der Waals surface area contributed by atoms with Crippen LogP contribution in [0, 0.1) is 11.8 Å². The molecule has 0 atom stereocenters. The molecule has 14 heavy (non-hydrogen) atoms. The second-order valence-corrected chi connectivity index (χ2v) is 2.90. The van der Waals surface area contributed by atoms with Gasteiger partial charge in [-0.15, -0.1) is 0 Å². The lowest BCUT2D eigenvalue weighted by atomic mass is 10.4. The van der Waals surface area contributed by atoms with Gasteiger partial charge in [0.05, 0.1) is 6.54 Å². The van der Waals surface area contributed by atoms with Crippen LogP contribution in [0.25, 0.3) is 0 Å². The maximum absolute atomic E-state index is 10.4. The molecule has 0 N–H and O–H groups in total. The van der Waals surface area contributed by atoms with Gasteiger partial charge in [-0.3, -0.25) is 9.69 Å². The molecule has 0 radical (unpaired) electrons. The molecule has 0 fully saturated rings. The maximum Gasteiger partial charge on any atom is 0.302 e. The maximum atomic E-state index is 10.4. The Labute approximate surface area is 86.4 Å². The van der Waals surface area contributed by atoms with E-state index in [9.17, 15) is 4.79 Å². The number of carbonyl (C=O) groups is 1. The van der Waals surface area contributed by atoms with Crippen LogP contribution in [0.2, 0.25) is 0 Å². The van der Waals surface area contributed by atoms with Crippen LogP contribution in [-0.4, -0.2) is 37.1 Å². The SMILES string of the molecule is CCN(CC)CC#CCCOC(C)=O. The third kappa shape index (κ3) is 7.63. The second-order valence-electron chi connectivity index (χ2n) is 2.90. The van der Waals surface area contributed by atoms with Gasteiger partial charge in [-0.05, 0) is 13.1 Å². The van der Waals surface area contributed by atoms with Crippen molar-refractivity contribution in [1.82, 2.24) is 4.90 Å². The van der Waals surface area contributed by atoms with Gasteiger partial charge in [0, 0.05) is 13.3 Å². The van der Waals surface area contributed by atoms with E-state index >= 15 is 0 Å². The van der Waals surface area contributed by atoms with E-state index in [-0.39, 0.29) is 5.97 Å². The smallest absolute Gasteiger partial charge is 0.302 e. The quantitative estimate of drug-likeness (QED) is 0.378. The minimum absolute atomic E-state index is 0.240. The molecule has 3 nitrogen and oxygen atoms in total. The van der Waals surface area contributed by atoms with Crippen molar-refractivity contribution in [1.29, 1.82) is 0 Å². The molecule has 0 rings (SSSR count). The normalized spacial score (nSPS) is 9.43. The fraction of sp³-hybridized carbons (Fsp3) is 0.727. The molecule has 0 amide bonds. The standard InChI is InChI=1S/C11H19NO2/c1-4-12(5-2)9-7-6-8-10-14-11(3)13/h4-5,8-10H2,1-3H3. The molecule has 0 aliphatic carbocycles. The Morgan fingerprint density at radius 2 is 1.93 bits per heavy atom. The molecule has 0 aromatic heterocycles. The summed E-state index contributed by atoms with van der Waals surface area (Å²) in [6.07, 6.45) is 0.626. The molecule has 80 valence electrons. The zero-order valence-electron chi connectivity index (χ0n) is 9.30. The Morgan fingerprint density at radius 1 is 1.29 bits per heavy atom. The van der Waals surface area contributed by atoms with Crippen molar-refractivity contribution in [3.8, 4) is 11.8 Å². The van der Waals surface area contributed by atoms with Gasteiger partial charge in [-0.2, -0.15) is 0 Å². The van der Waals surface area contributed by atoms with Gasteiger partial charge in [-0.1, -0.05) is 25.7 Å². The van der Waals surface area contributed by atoms with Crippen LogP contribution >= 0.6 is 0 Å². The van der Waals surface area contributed by atoms with Crippen LogP contribution in [0.5, 0.6) is 0 Å². The van der Waals surface area contributed by atoms with Gasteiger partial charge in [0.1, 0.15) is 6.61 Å². The summed E-state index contributed by atoms with van der Waals surface area (Å²) in [4.78, 5) is 12.6. The molecule has 0 saturated heterocycles. The first-order valence-electron chi connectivity index (χ1n) is 5.02. The van der Waals surface area contributed by atoms with Crippen LogP contribution < -0.4 is 0 Å². The summed E-state index contributed by atoms with van der Waals surface area (Å²) in [5, 5.41) is 0. The van der Waals surface area contributed by atoms with Gasteiger partial charge in [0.25, 0.3) is 0 Å². The number of rotatable bonds is 5. The fourth-order valence-electron chi connectivity index (χ4n) is 0.949. The molecular formula is C11H19NO2. The molecule has 0 bridgehead atoms. The molecule has 0 saturated carbocycles. The predicted molar refractivity (Wildman–Crippen MR) is 56.8 cm³/mol. The van der Waals surface area contributed by atoms with Crippen LogP contribution in [0.1, 0.15) is 27.2 Å². The topological polar surface area (TPSA) is 29.5 Å². The van der Waals surface area contributed by atoms with Gasteiger partial charge in [-0.25, -0.2) is 0 Å². The third-order valence-corrected chi connectivity index (χ3v) is 1.85. The van der Waals surface area contributed by atoms with Crippen molar-refractivity contribution in [3.05, 3.63) is 0 Å². The van der Waals surface area contributed by atoms with Crippen LogP contribution in [0.4, 0.5) is 0 Å². The van der Waals surface area contributed by atoms with Crippen molar-refractivity contribution in [3.63, 3.8) is 0 Å². The Bertz CT molecular complexity index is 211. The Morgan fingerprint density at radius 3 is 2.43 bits per heavy atom. The number of nitrogens with zero attached hydrogens (tertiary/aromatic N) is 1. The van der Waals surface area contributed by atoms with Crippen molar-refractivity contribution in [2.45, 2.75) is 27.2 Å². The minimum Gasteiger partial charge on any atom is -0.465 e. The van der Waals surface area contributed by atoms with E-state index in [1.54, 1.807) is 0 Å². The summed E-state index contributed by atoms with van der Waals surface area (Å²) in [5.74, 6) is 5.78. The van der Waals surface area contributed by atoms with Gasteiger partial charge in [0.2, 0.25) is 0 Å². The Kier molecular flexibility index (Phi) is 7.96. The highest BCUT2D eigenvalue weighted by Crippen LogP contribution is 1.85. The number of esters is 1. The first kappa shape index (κ1) is 13.0.